The van der Waals surface area contributed by atoms with E-state index in [1.165, 1.54) is 11.3 Å². The molecule has 144 valence electrons. The van der Waals surface area contributed by atoms with Gasteiger partial charge in [-0.05, 0) is 48.2 Å². The summed E-state index contributed by atoms with van der Waals surface area (Å²) >= 11 is 1.54. The smallest absolute Gasteiger partial charge is 0.203 e. The number of hydrogen-bond donors (Lipinski definition) is 1. The first-order valence-corrected chi connectivity index (χ1v) is 9.28. The molecule has 28 heavy (non-hydrogen) atoms. The van der Waals surface area contributed by atoms with Gasteiger partial charge in [-0.2, -0.15) is 15.4 Å². The van der Waals surface area contributed by atoms with Gasteiger partial charge in [0.05, 0.1) is 26.2 Å². The molecule has 2 heterocycles. The molecule has 4 aromatic rings. The van der Waals surface area contributed by atoms with Crippen LogP contribution in [0, 0.1) is 12.7 Å². The summed E-state index contributed by atoms with van der Waals surface area (Å²) in [5.74, 6) is 1.34. The van der Waals surface area contributed by atoms with Crippen molar-refractivity contribution in [3.05, 3.63) is 41.7 Å². The van der Waals surface area contributed by atoms with Gasteiger partial charge < -0.3 is 14.2 Å². The van der Waals surface area contributed by atoms with E-state index in [4.69, 9.17) is 14.2 Å². The molecular weight excluding hydrogens is 381 g/mol. The highest BCUT2D eigenvalue weighted by Gasteiger charge is 2.20. The summed E-state index contributed by atoms with van der Waals surface area (Å²) in [7, 11) is 4.68. The van der Waals surface area contributed by atoms with Gasteiger partial charge >= 0.3 is 0 Å². The van der Waals surface area contributed by atoms with Crippen molar-refractivity contribution in [1.82, 2.24) is 15.4 Å². The Labute approximate surface area is 164 Å². The van der Waals surface area contributed by atoms with E-state index in [0.717, 1.165) is 20.5 Å². The second-order valence-corrected chi connectivity index (χ2v) is 7.27. The first-order chi connectivity index (χ1) is 13.5. The minimum Gasteiger partial charge on any atom is -0.493 e. The SMILES string of the molecule is COc1cc(-c2n[nH]nc2-c2cc3cc(F)c(C)cc3s2)cc(OC)c1OC. The van der Waals surface area contributed by atoms with Crippen molar-refractivity contribution in [3.63, 3.8) is 0 Å². The number of ether oxygens (including phenoxy) is 3. The lowest BCUT2D eigenvalue weighted by atomic mass is 10.1. The number of halogens is 1. The third-order valence-electron chi connectivity index (χ3n) is 4.52. The lowest BCUT2D eigenvalue weighted by Gasteiger charge is -2.13. The molecule has 0 aliphatic carbocycles. The third-order valence-corrected chi connectivity index (χ3v) is 5.62. The van der Waals surface area contributed by atoms with Crippen molar-refractivity contribution in [3.8, 4) is 39.1 Å². The Balaban J connectivity index is 1.86. The van der Waals surface area contributed by atoms with Gasteiger partial charge in [-0.3, -0.25) is 0 Å². The van der Waals surface area contributed by atoms with Gasteiger partial charge in [-0.1, -0.05) is 0 Å². The van der Waals surface area contributed by atoms with Gasteiger partial charge in [-0.25, -0.2) is 4.39 Å². The molecule has 0 atom stereocenters. The number of aromatic nitrogens is 3. The van der Waals surface area contributed by atoms with Gasteiger partial charge in [0.1, 0.15) is 17.2 Å². The molecule has 6 nitrogen and oxygen atoms in total. The van der Waals surface area contributed by atoms with Gasteiger partial charge in [-0.15, -0.1) is 11.3 Å². The standard InChI is InChI=1S/C20H18FN3O3S/c1-10-5-16-11(6-13(10)21)9-17(28-16)19-18(22-24-23-19)12-7-14(25-2)20(27-4)15(8-12)26-3/h5-9H,1-4H3,(H,22,23,24). The number of aryl methyl sites for hydroxylation is 1. The van der Waals surface area contributed by atoms with Crippen LogP contribution in [0.2, 0.25) is 0 Å². The molecule has 0 spiro atoms. The maximum Gasteiger partial charge on any atom is 0.203 e. The van der Waals surface area contributed by atoms with Crippen LogP contribution in [-0.4, -0.2) is 36.7 Å². The second-order valence-electron chi connectivity index (χ2n) is 6.18. The maximum absolute atomic E-state index is 13.9. The number of nitrogens with zero attached hydrogens (tertiary/aromatic N) is 2. The van der Waals surface area contributed by atoms with E-state index in [1.54, 1.807) is 34.3 Å². The highest BCUT2D eigenvalue weighted by atomic mass is 32.1. The number of methoxy groups -OCH3 is 3. The quantitative estimate of drug-likeness (QED) is 0.521. The Morgan fingerprint density at radius 2 is 1.57 bits per heavy atom. The van der Waals surface area contributed by atoms with Gasteiger partial charge in [0, 0.05) is 10.3 Å². The Morgan fingerprint density at radius 1 is 0.893 bits per heavy atom. The van der Waals surface area contributed by atoms with E-state index >= 15 is 0 Å². The van der Waals surface area contributed by atoms with Crippen molar-refractivity contribution in [2.75, 3.05) is 21.3 Å². The monoisotopic (exact) mass is 399 g/mol. The van der Waals surface area contributed by atoms with Crippen molar-refractivity contribution in [1.29, 1.82) is 0 Å². The highest BCUT2D eigenvalue weighted by molar-refractivity contribution is 7.22. The number of aromatic amines is 1. The Bertz CT molecular complexity index is 1100. The van der Waals surface area contributed by atoms with E-state index in [-0.39, 0.29) is 5.82 Å². The Morgan fingerprint density at radius 3 is 2.21 bits per heavy atom. The Hall–Kier alpha value is -3.13. The first kappa shape index (κ1) is 18.2. The van der Waals surface area contributed by atoms with Crippen LogP contribution in [0.5, 0.6) is 17.2 Å². The molecule has 2 aromatic heterocycles. The zero-order valence-corrected chi connectivity index (χ0v) is 16.6. The molecule has 0 saturated carbocycles. The molecule has 0 bridgehead atoms. The molecule has 0 amide bonds. The van der Waals surface area contributed by atoms with E-state index in [9.17, 15) is 4.39 Å². The number of benzene rings is 2. The zero-order chi connectivity index (χ0) is 19.8. The average molecular weight is 399 g/mol. The fourth-order valence-electron chi connectivity index (χ4n) is 3.10. The van der Waals surface area contributed by atoms with Gasteiger partial charge in [0.25, 0.3) is 0 Å². The molecule has 2 aromatic carbocycles. The van der Waals surface area contributed by atoms with Crippen LogP contribution < -0.4 is 14.2 Å². The van der Waals surface area contributed by atoms with Crippen LogP contribution >= 0.6 is 11.3 Å². The van der Waals surface area contributed by atoms with Crippen molar-refractivity contribution >= 4 is 21.4 Å². The summed E-state index contributed by atoms with van der Waals surface area (Å²) in [6, 6.07) is 8.95. The minimum atomic E-state index is -0.221. The van der Waals surface area contributed by atoms with E-state index in [2.05, 4.69) is 15.4 Å². The fraction of sp³-hybridized carbons (Fsp3) is 0.200. The summed E-state index contributed by atoms with van der Waals surface area (Å²) in [5, 5.41) is 12.2. The Kier molecular flexibility index (Phi) is 4.64. The molecule has 0 radical (unpaired) electrons. The zero-order valence-electron chi connectivity index (χ0n) is 15.8. The summed E-state index contributed by atoms with van der Waals surface area (Å²) < 4.78 is 31.2. The van der Waals surface area contributed by atoms with Gasteiger partial charge in [0.2, 0.25) is 5.75 Å². The van der Waals surface area contributed by atoms with Crippen molar-refractivity contribution in [2.45, 2.75) is 6.92 Å². The third kappa shape index (κ3) is 2.95. The van der Waals surface area contributed by atoms with Gasteiger partial charge in [0.15, 0.2) is 11.5 Å². The highest BCUT2D eigenvalue weighted by Crippen LogP contribution is 2.43. The normalized spacial score (nSPS) is 11.0. The predicted molar refractivity (Wildman–Crippen MR) is 107 cm³/mol. The van der Waals surface area contributed by atoms with Crippen LogP contribution in [0.15, 0.2) is 30.3 Å². The van der Waals surface area contributed by atoms with Crippen LogP contribution in [0.25, 0.3) is 31.9 Å². The number of hydrogen-bond acceptors (Lipinski definition) is 6. The van der Waals surface area contributed by atoms with Crippen molar-refractivity contribution < 1.29 is 18.6 Å². The summed E-state index contributed by atoms with van der Waals surface area (Å²) in [5.41, 5.74) is 2.69. The molecule has 0 aliphatic rings. The van der Waals surface area contributed by atoms with Crippen LogP contribution in [-0.2, 0) is 0 Å². The molecule has 0 saturated heterocycles. The van der Waals surface area contributed by atoms with Crippen LogP contribution in [0.4, 0.5) is 4.39 Å². The predicted octanol–water partition coefficient (Wildman–Crippen LogP) is 4.83. The second kappa shape index (κ2) is 7.12. The summed E-state index contributed by atoms with van der Waals surface area (Å²) in [6.45, 7) is 1.76. The summed E-state index contributed by atoms with van der Waals surface area (Å²) in [6.07, 6.45) is 0. The average Bonchev–Trinajstić information content (AvgIpc) is 3.33. The number of fused-ring (bicyclic) bond motifs is 1. The molecule has 1 N–H and O–H groups in total. The van der Waals surface area contributed by atoms with E-state index in [1.807, 2.05) is 24.3 Å². The minimum absolute atomic E-state index is 0.221. The molecular formula is C20H18FN3O3S. The maximum atomic E-state index is 13.9. The van der Waals surface area contributed by atoms with E-state index in [0.29, 0.717) is 34.2 Å². The molecule has 8 heteroatoms. The molecule has 0 fully saturated rings. The van der Waals surface area contributed by atoms with Crippen LogP contribution in [0.1, 0.15) is 5.56 Å². The number of nitrogens with one attached hydrogen (secondary N) is 1. The number of rotatable bonds is 5. The number of thiophene rings is 1. The lowest BCUT2D eigenvalue weighted by molar-refractivity contribution is 0.324. The molecule has 4 rings (SSSR count). The molecule has 0 aliphatic heterocycles. The first-order valence-electron chi connectivity index (χ1n) is 8.47. The van der Waals surface area contributed by atoms with Crippen molar-refractivity contribution in [2.24, 2.45) is 0 Å². The summed E-state index contributed by atoms with van der Waals surface area (Å²) in [4.78, 5) is 0.887. The lowest BCUT2D eigenvalue weighted by Crippen LogP contribution is -1.96. The number of H-pyrrole nitrogens is 1. The molecule has 0 unspecified atom stereocenters. The fourth-order valence-corrected chi connectivity index (χ4v) is 4.23. The van der Waals surface area contributed by atoms with E-state index < -0.39 is 0 Å². The topological polar surface area (TPSA) is 69.3 Å². The largest absolute Gasteiger partial charge is 0.493 e. The van der Waals surface area contributed by atoms with Crippen LogP contribution in [0.3, 0.4) is 0 Å².